The van der Waals surface area contributed by atoms with Crippen LogP contribution in [-0.2, 0) is 14.3 Å². The fourth-order valence-corrected chi connectivity index (χ4v) is 1.92. The summed E-state index contributed by atoms with van der Waals surface area (Å²) in [6, 6.07) is 0. The molecule has 0 fully saturated rings. The molecular weight excluding hydrogens is 200 g/mol. The highest BCUT2D eigenvalue weighted by Crippen LogP contribution is 2.20. The highest BCUT2D eigenvalue weighted by atomic mass is 33.1. The van der Waals surface area contributed by atoms with Crippen molar-refractivity contribution in [3.63, 3.8) is 0 Å². The maximum Gasteiger partial charge on any atom is 0.316 e. The smallest absolute Gasteiger partial charge is 0.316 e. The Kier molecular flexibility index (Phi) is 7.08. The van der Waals surface area contributed by atoms with Crippen LogP contribution in [0.15, 0.2) is 0 Å². The zero-order valence-corrected chi connectivity index (χ0v) is 8.24. The maximum absolute atomic E-state index is 10.7. The molecule has 0 amide bonds. The molecule has 0 rings (SSSR count). The number of esters is 1. The molecule has 0 aromatic heterocycles. The molecule has 0 heterocycles. The fraction of sp³-hybridized carbons (Fsp3) is 0.667. The number of rotatable bonds is 6. The highest BCUT2D eigenvalue weighted by Gasteiger charge is 2.03. The third kappa shape index (κ3) is 7.74. The minimum Gasteiger partial charge on any atom is -0.481 e. The van der Waals surface area contributed by atoms with Gasteiger partial charge in [-0.25, -0.2) is 0 Å². The highest BCUT2D eigenvalue weighted by molar-refractivity contribution is 8.77. The molecule has 0 aliphatic carbocycles. The molecule has 0 atom stereocenters. The molecule has 70 valence electrons. The van der Waals surface area contributed by atoms with E-state index in [1.54, 1.807) is 6.92 Å². The predicted molar refractivity (Wildman–Crippen MR) is 49.2 cm³/mol. The lowest BCUT2D eigenvalue weighted by atomic mass is 10.8. The Hall–Kier alpha value is -0.360. The van der Waals surface area contributed by atoms with Gasteiger partial charge < -0.3 is 9.84 Å². The Morgan fingerprint density at radius 3 is 2.42 bits per heavy atom. The van der Waals surface area contributed by atoms with Crippen LogP contribution >= 0.6 is 21.6 Å². The Labute approximate surface area is 78.4 Å². The Balaban J connectivity index is 3.19. The van der Waals surface area contributed by atoms with Gasteiger partial charge in [0, 0.05) is 0 Å². The van der Waals surface area contributed by atoms with Crippen molar-refractivity contribution in [2.24, 2.45) is 0 Å². The van der Waals surface area contributed by atoms with Crippen molar-refractivity contribution in [3.8, 4) is 0 Å². The van der Waals surface area contributed by atoms with E-state index >= 15 is 0 Å². The predicted octanol–water partition coefficient (Wildman–Crippen LogP) is 1.02. The molecule has 6 heteroatoms. The minimum atomic E-state index is -0.878. The number of ether oxygens (including phenoxy) is 1. The molecule has 0 spiro atoms. The molecule has 0 radical (unpaired) electrons. The summed E-state index contributed by atoms with van der Waals surface area (Å²) in [6.07, 6.45) is 0. The first-order valence-corrected chi connectivity index (χ1v) is 5.77. The SMILES string of the molecule is CCOC(=O)CSSCC(=O)O. The van der Waals surface area contributed by atoms with Crippen LogP contribution in [0.5, 0.6) is 0 Å². The number of carbonyl (C=O) groups excluding carboxylic acids is 1. The van der Waals surface area contributed by atoms with Crippen LogP contribution in [-0.4, -0.2) is 35.2 Å². The fourth-order valence-electron chi connectivity index (χ4n) is 0.385. The van der Waals surface area contributed by atoms with Crippen LogP contribution in [0.3, 0.4) is 0 Å². The quantitative estimate of drug-likeness (QED) is 0.401. The molecule has 0 unspecified atom stereocenters. The number of carbonyl (C=O) groups is 2. The summed E-state index contributed by atoms with van der Waals surface area (Å²) in [5.41, 5.74) is 0. The van der Waals surface area contributed by atoms with E-state index in [1.165, 1.54) is 10.8 Å². The largest absolute Gasteiger partial charge is 0.481 e. The van der Waals surface area contributed by atoms with Crippen molar-refractivity contribution >= 4 is 33.5 Å². The average Bonchev–Trinajstić information content (AvgIpc) is 1.98. The first kappa shape index (κ1) is 11.6. The lowest BCUT2D eigenvalue weighted by molar-refractivity contribution is -0.140. The van der Waals surface area contributed by atoms with Crippen LogP contribution in [0.2, 0.25) is 0 Å². The lowest BCUT2D eigenvalue weighted by Gasteiger charge is -1.99. The maximum atomic E-state index is 10.7. The molecular formula is C6H10O4S2. The molecule has 0 saturated carbocycles. The van der Waals surface area contributed by atoms with Crippen LogP contribution in [0, 0.1) is 0 Å². The minimum absolute atomic E-state index is 0.00404. The van der Waals surface area contributed by atoms with Crippen LogP contribution in [0.4, 0.5) is 0 Å². The molecule has 1 N–H and O–H groups in total. The Morgan fingerprint density at radius 2 is 1.92 bits per heavy atom. The van der Waals surface area contributed by atoms with Gasteiger partial charge in [-0.05, 0) is 6.92 Å². The molecule has 12 heavy (non-hydrogen) atoms. The second-order valence-corrected chi connectivity index (χ2v) is 4.19. The summed E-state index contributed by atoms with van der Waals surface area (Å²) >= 11 is 0. The van der Waals surface area contributed by atoms with Gasteiger partial charge in [0.15, 0.2) is 0 Å². The van der Waals surface area contributed by atoms with Crippen molar-refractivity contribution in [1.82, 2.24) is 0 Å². The molecule has 0 aliphatic heterocycles. The molecule has 0 bridgehead atoms. The van der Waals surface area contributed by atoms with Gasteiger partial charge in [0.2, 0.25) is 0 Å². The average molecular weight is 210 g/mol. The van der Waals surface area contributed by atoms with Crippen LogP contribution < -0.4 is 0 Å². The van der Waals surface area contributed by atoms with Gasteiger partial charge in [-0.3, -0.25) is 9.59 Å². The Morgan fingerprint density at radius 1 is 1.33 bits per heavy atom. The van der Waals surface area contributed by atoms with Crippen molar-refractivity contribution in [2.45, 2.75) is 6.92 Å². The standard InChI is InChI=1S/C6H10O4S2/c1-2-10-6(9)4-12-11-3-5(7)8/h2-4H2,1H3,(H,7,8). The third-order valence-corrected chi connectivity index (χ3v) is 2.84. The van der Waals surface area contributed by atoms with Gasteiger partial charge in [0.25, 0.3) is 0 Å². The number of carboxylic acids is 1. The van der Waals surface area contributed by atoms with E-state index in [-0.39, 0.29) is 17.5 Å². The van der Waals surface area contributed by atoms with E-state index < -0.39 is 5.97 Å². The van der Waals surface area contributed by atoms with E-state index in [0.29, 0.717) is 6.61 Å². The van der Waals surface area contributed by atoms with Crippen LogP contribution in [0.1, 0.15) is 6.92 Å². The van der Waals surface area contributed by atoms with Crippen LogP contribution in [0.25, 0.3) is 0 Å². The zero-order chi connectivity index (χ0) is 9.40. The van der Waals surface area contributed by atoms with E-state index in [1.807, 2.05) is 0 Å². The van der Waals surface area contributed by atoms with E-state index in [2.05, 4.69) is 4.74 Å². The summed E-state index contributed by atoms with van der Waals surface area (Å²) in [6.45, 7) is 2.09. The van der Waals surface area contributed by atoms with Crippen molar-refractivity contribution in [1.29, 1.82) is 0 Å². The van der Waals surface area contributed by atoms with E-state index in [0.717, 1.165) is 10.8 Å². The summed E-state index contributed by atoms with van der Waals surface area (Å²) in [5, 5.41) is 8.23. The summed E-state index contributed by atoms with van der Waals surface area (Å²) in [4.78, 5) is 20.7. The van der Waals surface area contributed by atoms with Crippen molar-refractivity contribution in [2.75, 3.05) is 18.1 Å². The molecule has 0 aliphatic rings. The first-order valence-electron chi connectivity index (χ1n) is 3.28. The third-order valence-electron chi connectivity index (χ3n) is 0.748. The van der Waals surface area contributed by atoms with Gasteiger partial charge in [-0.2, -0.15) is 0 Å². The van der Waals surface area contributed by atoms with Crippen molar-refractivity contribution in [3.05, 3.63) is 0 Å². The summed E-state index contributed by atoms with van der Waals surface area (Å²) < 4.78 is 4.63. The number of carboxylic acid groups (broad SMARTS) is 1. The second-order valence-electron chi connectivity index (χ2n) is 1.72. The monoisotopic (exact) mass is 210 g/mol. The topological polar surface area (TPSA) is 63.6 Å². The Bertz CT molecular complexity index is 160. The summed E-state index contributed by atoms with van der Waals surface area (Å²) in [7, 11) is 2.32. The summed E-state index contributed by atoms with van der Waals surface area (Å²) in [5.74, 6) is -0.979. The van der Waals surface area contributed by atoms with E-state index in [9.17, 15) is 9.59 Å². The van der Waals surface area contributed by atoms with Gasteiger partial charge in [0.1, 0.15) is 11.5 Å². The zero-order valence-electron chi connectivity index (χ0n) is 6.61. The van der Waals surface area contributed by atoms with Gasteiger partial charge in [-0.15, -0.1) is 0 Å². The normalized spacial score (nSPS) is 9.42. The molecule has 0 aromatic rings. The molecule has 0 saturated heterocycles. The second kappa shape index (κ2) is 7.30. The molecule has 0 aromatic carbocycles. The lowest BCUT2D eigenvalue weighted by Crippen LogP contribution is -2.06. The van der Waals surface area contributed by atoms with Crippen molar-refractivity contribution < 1.29 is 19.4 Å². The van der Waals surface area contributed by atoms with Gasteiger partial charge >= 0.3 is 11.9 Å². The first-order chi connectivity index (χ1) is 5.66. The number of aliphatic carboxylic acids is 1. The van der Waals surface area contributed by atoms with Gasteiger partial charge in [0.05, 0.1) is 6.61 Å². The van der Waals surface area contributed by atoms with E-state index in [4.69, 9.17) is 5.11 Å². The number of hydrogen-bond acceptors (Lipinski definition) is 5. The van der Waals surface area contributed by atoms with Gasteiger partial charge in [-0.1, -0.05) is 21.6 Å². The number of hydrogen-bond donors (Lipinski definition) is 1. The molecule has 4 nitrogen and oxygen atoms in total.